The van der Waals surface area contributed by atoms with E-state index < -0.39 is 0 Å². The van der Waals surface area contributed by atoms with E-state index in [4.69, 9.17) is 4.74 Å². The maximum absolute atomic E-state index is 13.0. The molecule has 1 amide bonds. The number of hydrogen-bond acceptors (Lipinski definition) is 2. The molecule has 0 atom stereocenters. The van der Waals surface area contributed by atoms with E-state index in [1.807, 2.05) is 4.90 Å². The van der Waals surface area contributed by atoms with E-state index in [9.17, 15) is 9.18 Å². The number of halogens is 1. The van der Waals surface area contributed by atoms with Gasteiger partial charge in [0.15, 0.2) is 6.61 Å². The van der Waals surface area contributed by atoms with Crippen LogP contribution < -0.4 is 4.74 Å². The zero-order chi connectivity index (χ0) is 13.7. The Labute approximate surface area is 113 Å². The number of likely N-dealkylation sites (tertiary alicyclic amines) is 1. The van der Waals surface area contributed by atoms with Gasteiger partial charge in [-0.2, -0.15) is 0 Å². The summed E-state index contributed by atoms with van der Waals surface area (Å²) in [6.07, 6.45) is 4.53. The molecule has 1 aromatic carbocycles. The van der Waals surface area contributed by atoms with Gasteiger partial charge in [-0.15, -0.1) is 0 Å². The molecule has 1 aliphatic rings. The summed E-state index contributed by atoms with van der Waals surface area (Å²) < 4.78 is 18.4. The van der Waals surface area contributed by atoms with Crippen molar-refractivity contribution in [1.82, 2.24) is 4.90 Å². The number of aryl methyl sites for hydroxylation is 1. The second kappa shape index (κ2) is 6.55. The number of carbonyl (C=O) groups is 1. The number of rotatable bonds is 3. The van der Waals surface area contributed by atoms with Crippen molar-refractivity contribution in [1.29, 1.82) is 0 Å². The molecule has 3 nitrogen and oxygen atoms in total. The smallest absolute Gasteiger partial charge is 0.260 e. The summed E-state index contributed by atoms with van der Waals surface area (Å²) in [6, 6.07) is 4.32. The van der Waals surface area contributed by atoms with Gasteiger partial charge in [0.25, 0.3) is 5.91 Å². The molecule has 0 aromatic heterocycles. The lowest BCUT2D eigenvalue weighted by Crippen LogP contribution is -2.35. The Kier molecular flexibility index (Phi) is 4.77. The third-order valence-corrected chi connectivity index (χ3v) is 3.45. The van der Waals surface area contributed by atoms with E-state index in [1.54, 1.807) is 13.0 Å². The lowest BCUT2D eigenvalue weighted by molar-refractivity contribution is -0.133. The minimum absolute atomic E-state index is 0.0191. The van der Waals surface area contributed by atoms with Crippen molar-refractivity contribution >= 4 is 5.91 Å². The molecule has 0 spiro atoms. The molecule has 0 N–H and O–H groups in total. The first-order valence-electron chi connectivity index (χ1n) is 6.83. The number of benzene rings is 1. The fraction of sp³-hybridized carbons (Fsp3) is 0.533. The normalized spacial score (nSPS) is 16.0. The second-order valence-corrected chi connectivity index (χ2v) is 4.99. The second-order valence-electron chi connectivity index (χ2n) is 4.99. The number of amides is 1. The SMILES string of the molecule is Cc1cc(F)ccc1OCC(=O)N1CCCCCC1. The van der Waals surface area contributed by atoms with Crippen LogP contribution in [0.2, 0.25) is 0 Å². The molecule has 1 aliphatic heterocycles. The van der Waals surface area contributed by atoms with Crippen molar-refractivity contribution in [3.8, 4) is 5.75 Å². The molecule has 2 rings (SSSR count). The predicted molar refractivity (Wildman–Crippen MR) is 71.7 cm³/mol. The molecule has 0 bridgehead atoms. The van der Waals surface area contributed by atoms with Crippen molar-refractivity contribution in [2.75, 3.05) is 19.7 Å². The predicted octanol–water partition coefficient (Wildman–Crippen LogP) is 2.92. The maximum Gasteiger partial charge on any atom is 0.260 e. The van der Waals surface area contributed by atoms with Crippen LogP contribution in [0.4, 0.5) is 4.39 Å². The van der Waals surface area contributed by atoms with Gasteiger partial charge >= 0.3 is 0 Å². The molecule has 0 saturated carbocycles. The summed E-state index contributed by atoms with van der Waals surface area (Å²) in [5.41, 5.74) is 0.712. The number of ether oxygens (including phenoxy) is 1. The number of nitrogens with zero attached hydrogens (tertiary/aromatic N) is 1. The van der Waals surface area contributed by atoms with Gasteiger partial charge in [-0.3, -0.25) is 4.79 Å². The molecule has 1 fully saturated rings. The molecule has 19 heavy (non-hydrogen) atoms. The topological polar surface area (TPSA) is 29.5 Å². The summed E-state index contributed by atoms with van der Waals surface area (Å²) in [4.78, 5) is 13.9. The monoisotopic (exact) mass is 265 g/mol. The molecule has 1 heterocycles. The first kappa shape index (κ1) is 13.8. The van der Waals surface area contributed by atoms with Crippen LogP contribution in [0.1, 0.15) is 31.2 Å². The summed E-state index contributed by atoms with van der Waals surface area (Å²) in [5.74, 6) is 0.305. The van der Waals surface area contributed by atoms with Crippen LogP contribution in [0.5, 0.6) is 5.75 Å². The highest BCUT2D eigenvalue weighted by Gasteiger charge is 2.16. The van der Waals surface area contributed by atoms with E-state index in [2.05, 4.69) is 0 Å². The Morgan fingerprint density at radius 1 is 1.26 bits per heavy atom. The number of hydrogen-bond donors (Lipinski definition) is 0. The summed E-state index contributed by atoms with van der Waals surface area (Å²) in [7, 11) is 0. The van der Waals surface area contributed by atoms with Crippen molar-refractivity contribution < 1.29 is 13.9 Å². The summed E-state index contributed by atoms with van der Waals surface area (Å²) >= 11 is 0. The molecular weight excluding hydrogens is 245 g/mol. The molecular formula is C15H20FNO2. The van der Waals surface area contributed by atoms with Gasteiger partial charge in [-0.1, -0.05) is 12.8 Å². The van der Waals surface area contributed by atoms with Crippen molar-refractivity contribution in [3.63, 3.8) is 0 Å². The molecule has 0 unspecified atom stereocenters. The first-order valence-corrected chi connectivity index (χ1v) is 6.83. The highest BCUT2D eigenvalue weighted by atomic mass is 19.1. The van der Waals surface area contributed by atoms with Gasteiger partial charge in [0, 0.05) is 13.1 Å². The zero-order valence-electron chi connectivity index (χ0n) is 11.3. The minimum atomic E-state index is -0.288. The van der Waals surface area contributed by atoms with E-state index in [0.717, 1.165) is 25.9 Å². The Bertz CT molecular complexity index is 440. The summed E-state index contributed by atoms with van der Waals surface area (Å²) in [6.45, 7) is 3.45. The van der Waals surface area contributed by atoms with Gasteiger partial charge in [-0.05, 0) is 43.5 Å². The molecule has 0 radical (unpaired) electrons. The first-order chi connectivity index (χ1) is 9.16. The highest BCUT2D eigenvalue weighted by molar-refractivity contribution is 5.77. The van der Waals surface area contributed by atoms with Crippen LogP contribution in [0.25, 0.3) is 0 Å². The van der Waals surface area contributed by atoms with E-state index in [1.165, 1.54) is 25.0 Å². The lowest BCUT2D eigenvalue weighted by Gasteiger charge is -2.20. The lowest BCUT2D eigenvalue weighted by atomic mass is 10.2. The van der Waals surface area contributed by atoms with Crippen LogP contribution in [-0.2, 0) is 4.79 Å². The zero-order valence-corrected chi connectivity index (χ0v) is 11.3. The summed E-state index contributed by atoms with van der Waals surface area (Å²) in [5, 5.41) is 0. The fourth-order valence-corrected chi connectivity index (χ4v) is 2.33. The van der Waals surface area contributed by atoms with E-state index in [-0.39, 0.29) is 18.3 Å². The third-order valence-electron chi connectivity index (χ3n) is 3.45. The standard InChI is InChI=1S/C15H20FNO2/c1-12-10-13(16)6-7-14(12)19-11-15(18)17-8-4-2-3-5-9-17/h6-7,10H,2-5,8-9,11H2,1H3. The molecule has 104 valence electrons. The largest absolute Gasteiger partial charge is 0.483 e. The number of carbonyl (C=O) groups excluding carboxylic acids is 1. The van der Waals surface area contributed by atoms with Crippen LogP contribution in [0.15, 0.2) is 18.2 Å². The van der Waals surface area contributed by atoms with E-state index in [0.29, 0.717) is 11.3 Å². The Morgan fingerprint density at radius 3 is 2.58 bits per heavy atom. The van der Waals surface area contributed by atoms with Crippen molar-refractivity contribution in [2.45, 2.75) is 32.6 Å². The average Bonchev–Trinajstić information content (AvgIpc) is 2.66. The van der Waals surface area contributed by atoms with Gasteiger partial charge in [0.05, 0.1) is 0 Å². The van der Waals surface area contributed by atoms with Crippen LogP contribution >= 0.6 is 0 Å². The maximum atomic E-state index is 13.0. The third kappa shape index (κ3) is 3.94. The van der Waals surface area contributed by atoms with Crippen LogP contribution in [0, 0.1) is 12.7 Å². The molecule has 0 aliphatic carbocycles. The molecule has 1 saturated heterocycles. The van der Waals surface area contributed by atoms with Crippen molar-refractivity contribution in [2.24, 2.45) is 0 Å². The Morgan fingerprint density at radius 2 is 1.95 bits per heavy atom. The Balaban J connectivity index is 1.88. The molecule has 1 aromatic rings. The van der Waals surface area contributed by atoms with Crippen LogP contribution in [0.3, 0.4) is 0 Å². The van der Waals surface area contributed by atoms with Gasteiger partial charge < -0.3 is 9.64 Å². The van der Waals surface area contributed by atoms with Gasteiger partial charge in [-0.25, -0.2) is 4.39 Å². The van der Waals surface area contributed by atoms with E-state index >= 15 is 0 Å². The average molecular weight is 265 g/mol. The molecule has 4 heteroatoms. The fourth-order valence-electron chi connectivity index (χ4n) is 2.33. The quantitative estimate of drug-likeness (QED) is 0.841. The van der Waals surface area contributed by atoms with Crippen molar-refractivity contribution in [3.05, 3.63) is 29.6 Å². The Hall–Kier alpha value is -1.58. The van der Waals surface area contributed by atoms with Gasteiger partial charge in [0.2, 0.25) is 0 Å². The van der Waals surface area contributed by atoms with Gasteiger partial charge in [0.1, 0.15) is 11.6 Å². The highest BCUT2D eigenvalue weighted by Crippen LogP contribution is 2.18. The minimum Gasteiger partial charge on any atom is -0.483 e. The van der Waals surface area contributed by atoms with Crippen LogP contribution in [-0.4, -0.2) is 30.5 Å².